The van der Waals surface area contributed by atoms with Gasteiger partial charge in [0.05, 0.1) is 18.1 Å². The number of carbonyl (C=O) groups is 2. The van der Waals surface area contributed by atoms with E-state index >= 15 is 0 Å². The first-order valence-electron chi connectivity index (χ1n) is 6.34. The summed E-state index contributed by atoms with van der Waals surface area (Å²) in [7, 11) is 0. The molecule has 1 atom stereocenters. The highest BCUT2D eigenvalue weighted by Crippen LogP contribution is 2.24. The number of esters is 1. The SMILES string of the molecule is CCOC(=O)c1cc(NCC(C)(O)C(=O)O)ccc1[N+](=O)[O-]. The molecule has 9 nitrogen and oxygen atoms in total. The molecular weight excluding hydrogens is 296 g/mol. The van der Waals surface area contributed by atoms with Crippen LogP contribution in [0, 0.1) is 10.1 Å². The molecule has 0 spiro atoms. The molecule has 0 aliphatic rings. The molecule has 9 heteroatoms. The van der Waals surface area contributed by atoms with Crippen molar-refractivity contribution in [1.82, 2.24) is 0 Å². The van der Waals surface area contributed by atoms with Crippen LogP contribution in [0.5, 0.6) is 0 Å². The van der Waals surface area contributed by atoms with Gasteiger partial charge in [-0.1, -0.05) is 0 Å². The predicted molar refractivity (Wildman–Crippen MR) is 75.8 cm³/mol. The maximum Gasteiger partial charge on any atom is 0.345 e. The zero-order chi connectivity index (χ0) is 16.9. The van der Waals surface area contributed by atoms with E-state index in [1.807, 2.05) is 0 Å². The molecule has 1 aromatic carbocycles. The first kappa shape index (κ1) is 17.4. The second kappa shape index (κ2) is 6.85. The van der Waals surface area contributed by atoms with Crippen molar-refractivity contribution in [2.45, 2.75) is 19.4 Å². The Morgan fingerprint density at radius 1 is 1.45 bits per heavy atom. The number of nitro benzene ring substituents is 1. The Morgan fingerprint density at radius 3 is 2.59 bits per heavy atom. The van der Waals surface area contributed by atoms with Crippen molar-refractivity contribution in [1.29, 1.82) is 0 Å². The number of aliphatic hydroxyl groups is 1. The molecule has 0 heterocycles. The lowest BCUT2D eigenvalue weighted by atomic mass is 10.1. The number of carboxylic acids is 1. The topological polar surface area (TPSA) is 139 Å². The number of anilines is 1. The Labute approximate surface area is 125 Å². The number of benzene rings is 1. The third-order valence-electron chi connectivity index (χ3n) is 2.79. The van der Waals surface area contributed by atoms with Crippen LogP contribution in [0.1, 0.15) is 24.2 Å². The van der Waals surface area contributed by atoms with Crippen LogP contribution in [-0.2, 0) is 9.53 Å². The zero-order valence-electron chi connectivity index (χ0n) is 12.0. The van der Waals surface area contributed by atoms with Crippen molar-refractivity contribution in [3.05, 3.63) is 33.9 Å². The Morgan fingerprint density at radius 2 is 2.09 bits per heavy atom. The van der Waals surface area contributed by atoms with Crippen LogP contribution in [0.25, 0.3) is 0 Å². The molecule has 0 saturated heterocycles. The van der Waals surface area contributed by atoms with Gasteiger partial charge in [-0.15, -0.1) is 0 Å². The molecule has 0 radical (unpaired) electrons. The van der Waals surface area contributed by atoms with Crippen LogP contribution in [-0.4, -0.2) is 45.8 Å². The zero-order valence-corrected chi connectivity index (χ0v) is 12.0. The molecule has 1 unspecified atom stereocenters. The second-order valence-corrected chi connectivity index (χ2v) is 4.64. The fraction of sp³-hybridized carbons (Fsp3) is 0.385. The average molecular weight is 312 g/mol. The fourth-order valence-corrected chi connectivity index (χ4v) is 1.53. The number of ether oxygens (including phenoxy) is 1. The molecule has 0 bridgehead atoms. The van der Waals surface area contributed by atoms with Crippen LogP contribution < -0.4 is 5.32 Å². The van der Waals surface area contributed by atoms with Crippen LogP contribution in [0.2, 0.25) is 0 Å². The van der Waals surface area contributed by atoms with E-state index in [9.17, 15) is 24.8 Å². The van der Waals surface area contributed by atoms with Crippen molar-refractivity contribution < 1.29 is 29.5 Å². The molecule has 0 aromatic heterocycles. The molecule has 3 N–H and O–H groups in total. The second-order valence-electron chi connectivity index (χ2n) is 4.64. The number of rotatable bonds is 7. The molecular formula is C13H16N2O7. The number of nitro groups is 1. The van der Waals surface area contributed by atoms with E-state index < -0.39 is 28.2 Å². The van der Waals surface area contributed by atoms with E-state index in [-0.39, 0.29) is 24.4 Å². The van der Waals surface area contributed by atoms with Gasteiger partial charge in [0.15, 0.2) is 5.60 Å². The number of hydrogen-bond donors (Lipinski definition) is 3. The van der Waals surface area contributed by atoms with Gasteiger partial charge in [0, 0.05) is 11.8 Å². The van der Waals surface area contributed by atoms with Crippen molar-refractivity contribution in [3.63, 3.8) is 0 Å². The van der Waals surface area contributed by atoms with E-state index in [2.05, 4.69) is 5.32 Å². The van der Waals surface area contributed by atoms with Gasteiger partial charge in [0.25, 0.3) is 5.69 Å². The highest BCUT2D eigenvalue weighted by Gasteiger charge is 2.30. The first-order chi connectivity index (χ1) is 10.2. The number of hydrogen-bond acceptors (Lipinski definition) is 7. The predicted octanol–water partition coefficient (Wildman–Crippen LogP) is 1.02. The summed E-state index contributed by atoms with van der Waals surface area (Å²) in [4.78, 5) is 32.7. The van der Waals surface area contributed by atoms with E-state index in [4.69, 9.17) is 9.84 Å². The number of nitrogens with zero attached hydrogens (tertiary/aromatic N) is 1. The fourth-order valence-electron chi connectivity index (χ4n) is 1.53. The van der Waals surface area contributed by atoms with Crippen LogP contribution in [0.3, 0.4) is 0 Å². The van der Waals surface area contributed by atoms with Crippen LogP contribution in [0.15, 0.2) is 18.2 Å². The monoisotopic (exact) mass is 312 g/mol. The third-order valence-corrected chi connectivity index (χ3v) is 2.79. The van der Waals surface area contributed by atoms with E-state index in [1.165, 1.54) is 12.1 Å². The lowest BCUT2D eigenvalue weighted by Gasteiger charge is -2.19. The first-order valence-corrected chi connectivity index (χ1v) is 6.34. The molecule has 1 aromatic rings. The summed E-state index contributed by atoms with van der Waals surface area (Å²) in [5.41, 5.74) is -2.46. The van der Waals surface area contributed by atoms with Crippen molar-refractivity contribution in [2.75, 3.05) is 18.5 Å². The largest absolute Gasteiger partial charge is 0.479 e. The molecule has 0 aliphatic heterocycles. The highest BCUT2D eigenvalue weighted by molar-refractivity contribution is 5.95. The normalized spacial score (nSPS) is 13.0. The van der Waals surface area contributed by atoms with Crippen molar-refractivity contribution in [2.24, 2.45) is 0 Å². The minimum Gasteiger partial charge on any atom is -0.479 e. The highest BCUT2D eigenvalue weighted by atomic mass is 16.6. The number of carboxylic acid groups (broad SMARTS) is 1. The van der Waals surface area contributed by atoms with Gasteiger partial charge >= 0.3 is 11.9 Å². The minimum atomic E-state index is -2.02. The summed E-state index contributed by atoms with van der Waals surface area (Å²) in [6.45, 7) is 2.37. The summed E-state index contributed by atoms with van der Waals surface area (Å²) in [6, 6.07) is 3.58. The summed E-state index contributed by atoms with van der Waals surface area (Å²) < 4.78 is 4.74. The maximum atomic E-state index is 11.7. The standard InChI is InChI=1S/C13H16N2O7/c1-3-22-11(16)9-6-8(4-5-10(9)15(20)21)14-7-13(2,19)12(17)18/h4-6,14,19H,3,7H2,1-2H3,(H,17,18). The van der Waals surface area contributed by atoms with Crippen LogP contribution in [0.4, 0.5) is 11.4 Å². The average Bonchev–Trinajstić information content (AvgIpc) is 2.44. The maximum absolute atomic E-state index is 11.7. The number of nitrogens with one attached hydrogen (secondary N) is 1. The van der Waals surface area contributed by atoms with Gasteiger partial charge in [0.1, 0.15) is 5.56 Å². The molecule has 22 heavy (non-hydrogen) atoms. The Kier molecular flexibility index (Phi) is 5.41. The lowest BCUT2D eigenvalue weighted by molar-refractivity contribution is -0.385. The Hall–Kier alpha value is -2.68. The molecule has 0 amide bonds. The summed E-state index contributed by atoms with van der Waals surface area (Å²) in [5.74, 6) is -2.28. The van der Waals surface area contributed by atoms with Gasteiger partial charge in [-0.25, -0.2) is 9.59 Å². The van der Waals surface area contributed by atoms with E-state index in [0.29, 0.717) is 0 Å². The van der Waals surface area contributed by atoms with Crippen LogP contribution >= 0.6 is 0 Å². The molecule has 0 saturated carbocycles. The molecule has 0 fully saturated rings. The van der Waals surface area contributed by atoms with Gasteiger partial charge in [0.2, 0.25) is 0 Å². The quantitative estimate of drug-likeness (QED) is 0.385. The number of carbonyl (C=O) groups excluding carboxylic acids is 1. The molecule has 120 valence electrons. The van der Waals surface area contributed by atoms with Gasteiger partial charge in [-0.2, -0.15) is 0 Å². The molecule has 0 aliphatic carbocycles. The van der Waals surface area contributed by atoms with Crippen molar-refractivity contribution in [3.8, 4) is 0 Å². The van der Waals surface area contributed by atoms with Crippen molar-refractivity contribution >= 4 is 23.3 Å². The van der Waals surface area contributed by atoms with Gasteiger partial charge in [-0.05, 0) is 26.0 Å². The third kappa shape index (κ3) is 4.16. The summed E-state index contributed by atoms with van der Waals surface area (Å²) in [5, 5.41) is 31.9. The minimum absolute atomic E-state index is 0.0569. The lowest BCUT2D eigenvalue weighted by Crippen LogP contribution is -2.41. The van der Waals surface area contributed by atoms with E-state index in [0.717, 1.165) is 13.0 Å². The van der Waals surface area contributed by atoms with Gasteiger partial charge in [-0.3, -0.25) is 10.1 Å². The van der Waals surface area contributed by atoms with Gasteiger partial charge < -0.3 is 20.3 Å². The Balaban J connectivity index is 3.04. The summed E-state index contributed by atoms with van der Waals surface area (Å²) >= 11 is 0. The molecule has 1 rings (SSSR count). The Bertz CT molecular complexity index is 598. The summed E-state index contributed by atoms with van der Waals surface area (Å²) in [6.07, 6.45) is 0. The van der Waals surface area contributed by atoms with E-state index in [1.54, 1.807) is 6.92 Å². The smallest absolute Gasteiger partial charge is 0.345 e. The number of aliphatic carboxylic acids is 1.